The SMILES string of the molecule is O=C(OC1CCCC1OC(=O)c1ccccc1)c1ccccc1. The van der Waals surface area contributed by atoms with Gasteiger partial charge in [-0.05, 0) is 43.5 Å². The molecule has 0 N–H and O–H groups in total. The summed E-state index contributed by atoms with van der Waals surface area (Å²) in [4.78, 5) is 24.3. The van der Waals surface area contributed by atoms with E-state index in [0.29, 0.717) is 24.0 Å². The van der Waals surface area contributed by atoms with Crippen molar-refractivity contribution in [2.45, 2.75) is 31.5 Å². The van der Waals surface area contributed by atoms with Crippen molar-refractivity contribution in [2.75, 3.05) is 0 Å². The minimum atomic E-state index is -0.379. The summed E-state index contributed by atoms with van der Waals surface area (Å²) in [5.41, 5.74) is 1.01. The molecule has 3 rings (SSSR count). The largest absolute Gasteiger partial charge is 0.455 e. The van der Waals surface area contributed by atoms with Crippen molar-refractivity contribution in [2.24, 2.45) is 0 Å². The van der Waals surface area contributed by atoms with Crippen molar-refractivity contribution in [1.82, 2.24) is 0 Å². The predicted octanol–water partition coefficient (Wildman–Crippen LogP) is 3.62. The van der Waals surface area contributed by atoms with E-state index in [1.54, 1.807) is 48.5 Å². The van der Waals surface area contributed by atoms with Crippen LogP contribution in [0.15, 0.2) is 60.7 Å². The van der Waals surface area contributed by atoms with Gasteiger partial charge in [0.2, 0.25) is 0 Å². The van der Waals surface area contributed by atoms with Gasteiger partial charge >= 0.3 is 11.9 Å². The standard InChI is InChI=1S/C19H18O4/c20-18(14-8-3-1-4-9-14)22-16-12-7-13-17(16)23-19(21)15-10-5-2-6-11-15/h1-6,8-11,16-17H,7,12-13H2. The number of ether oxygens (including phenoxy) is 2. The zero-order valence-corrected chi connectivity index (χ0v) is 12.7. The molecule has 118 valence electrons. The Kier molecular flexibility index (Phi) is 4.71. The Bertz CT molecular complexity index is 607. The van der Waals surface area contributed by atoms with Crippen LogP contribution in [-0.4, -0.2) is 24.1 Å². The van der Waals surface area contributed by atoms with Crippen LogP contribution >= 0.6 is 0 Å². The summed E-state index contributed by atoms with van der Waals surface area (Å²) in [5, 5.41) is 0. The van der Waals surface area contributed by atoms with Crippen LogP contribution < -0.4 is 0 Å². The zero-order chi connectivity index (χ0) is 16.1. The van der Waals surface area contributed by atoms with Gasteiger partial charge in [0.05, 0.1) is 11.1 Å². The second kappa shape index (κ2) is 7.09. The lowest BCUT2D eigenvalue weighted by Gasteiger charge is -2.20. The van der Waals surface area contributed by atoms with Gasteiger partial charge in [-0.25, -0.2) is 9.59 Å². The highest BCUT2D eigenvalue weighted by Crippen LogP contribution is 2.26. The topological polar surface area (TPSA) is 52.6 Å². The normalized spacial score (nSPS) is 20.0. The van der Waals surface area contributed by atoms with E-state index >= 15 is 0 Å². The van der Waals surface area contributed by atoms with Crippen LogP contribution in [0.3, 0.4) is 0 Å². The van der Waals surface area contributed by atoms with Gasteiger partial charge in [-0.2, -0.15) is 0 Å². The number of carbonyl (C=O) groups excluding carboxylic acids is 2. The molecule has 0 heterocycles. The summed E-state index contributed by atoms with van der Waals surface area (Å²) in [6.45, 7) is 0. The lowest BCUT2D eigenvalue weighted by Crippen LogP contribution is -2.30. The second-order valence-electron chi connectivity index (χ2n) is 5.55. The van der Waals surface area contributed by atoms with Gasteiger partial charge in [0, 0.05) is 0 Å². The molecule has 1 fully saturated rings. The molecule has 4 heteroatoms. The fraction of sp³-hybridized carbons (Fsp3) is 0.263. The Hall–Kier alpha value is -2.62. The fourth-order valence-corrected chi connectivity index (χ4v) is 2.72. The molecule has 0 aliphatic heterocycles. The quantitative estimate of drug-likeness (QED) is 0.809. The number of rotatable bonds is 4. The van der Waals surface area contributed by atoms with Crippen LogP contribution in [0.25, 0.3) is 0 Å². The number of esters is 2. The molecule has 2 aromatic rings. The maximum atomic E-state index is 12.1. The molecule has 4 nitrogen and oxygen atoms in total. The first-order valence-corrected chi connectivity index (χ1v) is 7.76. The number of benzene rings is 2. The van der Waals surface area contributed by atoms with E-state index in [-0.39, 0.29) is 24.1 Å². The molecule has 1 saturated carbocycles. The van der Waals surface area contributed by atoms with E-state index in [0.717, 1.165) is 6.42 Å². The van der Waals surface area contributed by atoms with Crippen LogP contribution in [0, 0.1) is 0 Å². The molecule has 0 radical (unpaired) electrons. The molecule has 1 aliphatic carbocycles. The Balaban J connectivity index is 1.62. The maximum absolute atomic E-state index is 12.1. The Morgan fingerprint density at radius 3 is 1.48 bits per heavy atom. The Morgan fingerprint density at radius 2 is 1.09 bits per heavy atom. The lowest BCUT2D eigenvalue weighted by atomic mass is 10.2. The number of hydrogen-bond donors (Lipinski definition) is 0. The first kappa shape index (κ1) is 15.3. The first-order valence-electron chi connectivity index (χ1n) is 7.76. The van der Waals surface area contributed by atoms with Crippen molar-refractivity contribution in [3.8, 4) is 0 Å². The maximum Gasteiger partial charge on any atom is 0.338 e. The van der Waals surface area contributed by atoms with Crippen molar-refractivity contribution in [3.63, 3.8) is 0 Å². The highest BCUT2D eigenvalue weighted by molar-refractivity contribution is 5.90. The molecule has 0 spiro atoms. The smallest absolute Gasteiger partial charge is 0.338 e. The van der Waals surface area contributed by atoms with Crippen LogP contribution in [0.5, 0.6) is 0 Å². The molecule has 0 saturated heterocycles. The van der Waals surface area contributed by atoms with E-state index in [9.17, 15) is 9.59 Å². The minimum Gasteiger partial charge on any atom is -0.455 e. The summed E-state index contributed by atoms with van der Waals surface area (Å²) in [7, 11) is 0. The lowest BCUT2D eigenvalue weighted by molar-refractivity contribution is -0.0239. The monoisotopic (exact) mass is 310 g/mol. The van der Waals surface area contributed by atoms with Crippen molar-refractivity contribution >= 4 is 11.9 Å². The number of hydrogen-bond acceptors (Lipinski definition) is 4. The predicted molar refractivity (Wildman–Crippen MR) is 85.1 cm³/mol. The average molecular weight is 310 g/mol. The van der Waals surface area contributed by atoms with E-state index in [4.69, 9.17) is 9.47 Å². The molecule has 0 aromatic heterocycles. The van der Waals surface area contributed by atoms with E-state index in [1.807, 2.05) is 12.1 Å². The highest BCUT2D eigenvalue weighted by atomic mass is 16.6. The van der Waals surface area contributed by atoms with Crippen molar-refractivity contribution in [3.05, 3.63) is 71.8 Å². The summed E-state index contributed by atoms with van der Waals surface area (Å²) in [5.74, 6) is -0.753. The second-order valence-corrected chi connectivity index (χ2v) is 5.55. The fourth-order valence-electron chi connectivity index (χ4n) is 2.72. The van der Waals surface area contributed by atoms with Gasteiger partial charge in [-0.3, -0.25) is 0 Å². The summed E-state index contributed by atoms with van der Waals surface area (Å²) >= 11 is 0. The summed E-state index contributed by atoms with van der Waals surface area (Å²) in [6, 6.07) is 17.7. The molecule has 1 aliphatic rings. The minimum absolute atomic E-state index is 0.377. The highest BCUT2D eigenvalue weighted by Gasteiger charge is 2.34. The average Bonchev–Trinajstić information content (AvgIpc) is 3.03. The van der Waals surface area contributed by atoms with E-state index < -0.39 is 0 Å². The first-order chi connectivity index (χ1) is 11.2. The van der Waals surface area contributed by atoms with Gasteiger partial charge in [0.15, 0.2) is 0 Å². The van der Waals surface area contributed by atoms with E-state index in [1.165, 1.54) is 0 Å². The Morgan fingerprint density at radius 1 is 0.696 bits per heavy atom. The molecular weight excluding hydrogens is 292 g/mol. The molecular formula is C19H18O4. The summed E-state index contributed by atoms with van der Waals surface area (Å²) < 4.78 is 11.1. The van der Waals surface area contributed by atoms with Gasteiger partial charge < -0.3 is 9.47 Å². The van der Waals surface area contributed by atoms with Crippen LogP contribution in [0.1, 0.15) is 40.0 Å². The molecule has 2 unspecified atom stereocenters. The van der Waals surface area contributed by atoms with Crippen LogP contribution in [-0.2, 0) is 9.47 Å². The molecule has 0 amide bonds. The van der Waals surface area contributed by atoms with Gasteiger partial charge in [0.1, 0.15) is 12.2 Å². The van der Waals surface area contributed by atoms with Crippen molar-refractivity contribution in [1.29, 1.82) is 0 Å². The third-order valence-electron chi connectivity index (χ3n) is 3.93. The van der Waals surface area contributed by atoms with Crippen LogP contribution in [0.4, 0.5) is 0 Å². The third-order valence-corrected chi connectivity index (χ3v) is 3.93. The van der Waals surface area contributed by atoms with Gasteiger partial charge in [-0.15, -0.1) is 0 Å². The van der Waals surface area contributed by atoms with Gasteiger partial charge in [0.25, 0.3) is 0 Å². The van der Waals surface area contributed by atoms with E-state index in [2.05, 4.69) is 0 Å². The molecule has 2 atom stereocenters. The zero-order valence-electron chi connectivity index (χ0n) is 12.7. The van der Waals surface area contributed by atoms with Crippen LogP contribution in [0.2, 0.25) is 0 Å². The molecule has 0 bridgehead atoms. The number of carbonyl (C=O) groups is 2. The molecule has 2 aromatic carbocycles. The molecule has 23 heavy (non-hydrogen) atoms. The summed E-state index contributed by atoms with van der Waals surface area (Å²) in [6.07, 6.45) is 1.54. The Labute approximate surface area is 135 Å². The van der Waals surface area contributed by atoms with Gasteiger partial charge in [-0.1, -0.05) is 36.4 Å². The third kappa shape index (κ3) is 3.77. The van der Waals surface area contributed by atoms with Crippen molar-refractivity contribution < 1.29 is 19.1 Å².